The van der Waals surface area contributed by atoms with Gasteiger partial charge in [-0.1, -0.05) is 30.3 Å². The number of aromatic nitrogens is 2. The van der Waals surface area contributed by atoms with Gasteiger partial charge in [0.15, 0.2) is 5.01 Å². The van der Waals surface area contributed by atoms with Crippen LogP contribution in [-0.2, 0) is 19.4 Å². The molecule has 6 nitrogen and oxygen atoms in total. The molecule has 3 heterocycles. The minimum atomic E-state index is -0.148. The van der Waals surface area contributed by atoms with E-state index in [1.165, 1.54) is 11.3 Å². The summed E-state index contributed by atoms with van der Waals surface area (Å²) in [4.78, 5) is 36.9. The summed E-state index contributed by atoms with van der Waals surface area (Å²) in [5.41, 5.74) is 3.48. The summed E-state index contributed by atoms with van der Waals surface area (Å²) in [6.45, 7) is 3.59. The van der Waals surface area contributed by atoms with E-state index in [1.54, 1.807) is 6.20 Å². The van der Waals surface area contributed by atoms with Gasteiger partial charge in [0.2, 0.25) is 0 Å². The highest BCUT2D eigenvalue weighted by Gasteiger charge is 2.24. The van der Waals surface area contributed by atoms with Crippen molar-refractivity contribution in [3.8, 4) is 0 Å². The first-order valence-corrected chi connectivity index (χ1v) is 10.4. The fraction of sp³-hybridized carbons (Fsp3) is 0.273. The molecular formula is C22H22N4O2S. The molecule has 0 spiro atoms. The Morgan fingerprint density at radius 1 is 1.10 bits per heavy atom. The summed E-state index contributed by atoms with van der Waals surface area (Å²) in [5, 5.41) is 3.42. The van der Waals surface area contributed by atoms with Gasteiger partial charge in [0.05, 0.1) is 11.3 Å². The molecule has 1 aliphatic heterocycles. The van der Waals surface area contributed by atoms with E-state index in [4.69, 9.17) is 0 Å². The van der Waals surface area contributed by atoms with Crippen molar-refractivity contribution in [3.63, 3.8) is 0 Å². The van der Waals surface area contributed by atoms with Crippen LogP contribution < -0.4 is 5.32 Å². The Balaban J connectivity index is 1.38. The van der Waals surface area contributed by atoms with Crippen LogP contribution >= 0.6 is 11.3 Å². The van der Waals surface area contributed by atoms with Crippen LogP contribution in [0.1, 0.15) is 42.0 Å². The van der Waals surface area contributed by atoms with Gasteiger partial charge in [-0.15, -0.1) is 11.3 Å². The fourth-order valence-corrected chi connectivity index (χ4v) is 4.31. The number of hydrogen-bond acceptors (Lipinski definition) is 5. The molecule has 7 heteroatoms. The molecular weight excluding hydrogens is 384 g/mol. The van der Waals surface area contributed by atoms with Gasteiger partial charge in [-0.3, -0.25) is 14.6 Å². The molecule has 0 saturated heterocycles. The second kappa shape index (κ2) is 8.53. The summed E-state index contributed by atoms with van der Waals surface area (Å²) in [7, 11) is 0. The van der Waals surface area contributed by atoms with Gasteiger partial charge in [-0.25, -0.2) is 4.98 Å². The maximum absolute atomic E-state index is 12.7. The van der Waals surface area contributed by atoms with Gasteiger partial charge in [0.25, 0.3) is 11.8 Å². The van der Waals surface area contributed by atoms with E-state index in [2.05, 4.69) is 15.3 Å². The SMILES string of the molecule is Cc1ccc(C(=O)N2CCc3nc(C(=O)NCc4ccccc4)sc3CC2)cn1. The summed E-state index contributed by atoms with van der Waals surface area (Å²) in [5.74, 6) is -0.154. The number of rotatable bonds is 4. The standard InChI is InChI=1S/C22H22N4O2S/c1-15-7-8-17(14-23-15)22(28)26-11-9-18-19(10-12-26)29-21(25-18)20(27)24-13-16-5-3-2-4-6-16/h2-8,14H,9-13H2,1H3,(H,24,27). The third-order valence-corrected chi connectivity index (χ3v) is 6.10. The van der Waals surface area contributed by atoms with Crippen molar-refractivity contribution in [3.05, 3.63) is 81.1 Å². The molecule has 0 aliphatic carbocycles. The van der Waals surface area contributed by atoms with Crippen molar-refractivity contribution in [1.82, 2.24) is 20.2 Å². The first-order valence-electron chi connectivity index (χ1n) is 9.63. The van der Waals surface area contributed by atoms with Crippen LogP contribution in [0, 0.1) is 6.92 Å². The molecule has 3 aromatic rings. The Bertz CT molecular complexity index is 990. The van der Waals surface area contributed by atoms with Crippen LogP contribution in [0.3, 0.4) is 0 Å². The third-order valence-electron chi connectivity index (χ3n) is 4.94. The van der Waals surface area contributed by atoms with E-state index in [-0.39, 0.29) is 11.8 Å². The normalized spacial score (nSPS) is 13.5. The van der Waals surface area contributed by atoms with Crippen LogP contribution in [0.5, 0.6) is 0 Å². The number of thiazole rings is 1. The van der Waals surface area contributed by atoms with Crippen molar-refractivity contribution in [2.24, 2.45) is 0 Å². The second-order valence-corrected chi connectivity index (χ2v) is 8.12. The molecule has 0 radical (unpaired) electrons. The van der Waals surface area contributed by atoms with E-state index >= 15 is 0 Å². The van der Waals surface area contributed by atoms with Crippen molar-refractivity contribution in [1.29, 1.82) is 0 Å². The van der Waals surface area contributed by atoms with Crippen LogP contribution in [0.15, 0.2) is 48.7 Å². The van der Waals surface area contributed by atoms with E-state index in [9.17, 15) is 9.59 Å². The molecule has 1 aliphatic rings. The molecule has 0 unspecified atom stereocenters. The topological polar surface area (TPSA) is 75.2 Å². The Kier molecular flexibility index (Phi) is 5.67. The Hall–Kier alpha value is -3.06. The lowest BCUT2D eigenvalue weighted by atomic mass is 10.2. The average molecular weight is 407 g/mol. The number of amides is 2. The molecule has 2 aromatic heterocycles. The largest absolute Gasteiger partial charge is 0.346 e. The van der Waals surface area contributed by atoms with Crippen LogP contribution in [-0.4, -0.2) is 39.8 Å². The predicted octanol–water partition coefficient (Wildman–Crippen LogP) is 3.02. The zero-order valence-corrected chi connectivity index (χ0v) is 17.0. The highest BCUT2D eigenvalue weighted by atomic mass is 32.1. The van der Waals surface area contributed by atoms with E-state index in [0.717, 1.165) is 21.8 Å². The molecule has 4 rings (SSSR count). The zero-order valence-electron chi connectivity index (χ0n) is 16.2. The van der Waals surface area contributed by atoms with Crippen molar-refractivity contribution in [2.75, 3.05) is 13.1 Å². The minimum Gasteiger partial charge on any atom is -0.346 e. The summed E-state index contributed by atoms with van der Waals surface area (Å²) >= 11 is 1.43. The third kappa shape index (κ3) is 4.51. The molecule has 0 saturated carbocycles. The maximum atomic E-state index is 12.7. The lowest BCUT2D eigenvalue weighted by molar-refractivity contribution is 0.0762. The van der Waals surface area contributed by atoms with Gasteiger partial charge in [0.1, 0.15) is 0 Å². The first kappa shape index (κ1) is 19.3. The number of aryl methyl sites for hydroxylation is 1. The lowest BCUT2D eigenvalue weighted by Gasteiger charge is -2.20. The molecule has 2 amide bonds. The number of carbonyl (C=O) groups is 2. The van der Waals surface area contributed by atoms with Crippen molar-refractivity contribution in [2.45, 2.75) is 26.3 Å². The summed E-state index contributed by atoms with van der Waals surface area (Å²) in [6.07, 6.45) is 3.00. The van der Waals surface area contributed by atoms with E-state index in [1.807, 2.05) is 54.3 Å². The lowest BCUT2D eigenvalue weighted by Crippen LogP contribution is -2.33. The highest BCUT2D eigenvalue weighted by Crippen LogP contribution is 2.23. The summed E-state index contributed by atoms with van der Waals surface area (Å²) < 4.78 is 0. The minimum absolute atomic E-state index is 0.00604. The number of hydrogen-bond donors (Lipinski definition) is 1. The van der Waals surface area contributed by atoms with Gasteiger partial charge >= 0.3 is 0 Å². The molecule has 148 valence electrons. The Morgan fingerprint density at radius 3 is 2.66 bits per heavy atom. The summed E-state index contributed by atoms with van der Waals surface area (Å²) in [6, 6.07) is 13.5. The van der Waals surface area contributed by atoms with Gasteiger partial charge < -0.3 is 10.2 Å². The van der Waals surface area contributed by atoms with E-state index < -0.39 is 0 Å². The molecule has 0 atom stereocenters. The monoisotopic (exact) mass is 406 g/mol. The Morgan fingerprint density at radius 2 is 1.90 bits per heavy atom. The quantitative estimate of drug-likeness (QED) is 0.723. The number of benzene rings is 1. The van der Waals surface area contributed by atoms with Gasteiger partial charge in [0, 0.05) is 49.2 Å². The molecule has 0 bridgehead atoms. The first-order chi connectivity index (χ1) is 14.1. The average Bonchev–Trinajstić information content (AvgIpc) is 3.06. The number of carbonyl (C=O) groups excluding carboxylic acids is 2. The Labute approximate surface area is 173 Å². The number of fused-ring (bicyclic) bond motifs is 1. The van der Waals surface area contributed by atoms with E-state index in [0.29, 0.717) is 43.0 Å². The molecule has 1 aromatic carbocycles. The maximum Gasteiger partial charge on any atom is 0.280 e. The zero-order chi connectivity index (χ0) is 20.2. The fourth-order valence-electron chi connectivity index (χ4n) is 3.29. The number of nitrogens with one attached hydrogen (secondary N) is 1. The van der Waals surface area contributed by atoms with Crippen LogP contribution in [0.2, 0.25) is 0 Å². The predicted molar refractivity (Wildman–Crippen MR) is 112 cm³/mol. The number of pyridine rings is 1. The molecule has 1 N–H and O–H groups in total. The molecule has 0 fully saturated rings. The van der Waals surface area contributed by atoms with Gasteiger partial charge in [-0.05, 0) is 24.6 Å². The molecule has 29 heavy (non-hydrogen) atoms. The number of nitrogens with zero attached hydrogens (tertiary/aromatic N) is 3. The van der Waals surface area contributed by atoms with Crippen molar-refractivity contribution < 1.29 is 9.59 Å². The second-order valence-electron chi connectivity index (χ2n) is 7.04. The van der Waals surface area contributed by atoms with Crippen LogP contribution in [0.4, 0.5) is 0 Å². The highest BCUT2D eigenvalue weighted by molar-refractivity contribution is 7.13. The van der Waals surface area contributed by atoms with Crippen LogP contribution in [0.25, 0.3) is 0 Å². The van der Waals surface area contributed by atoms with Gasteiger partial charge in [-0.2, -0.15) is 0 Å². The smallest absolute Gasteiger partial charge is 0.280 e. The van der Waals surface area contributed by atoms with Crippen molar-refractivity contribution >= 4 is 23.2 Å².